The van der Waals surface area contributed by atoms with E-state index >= 15 is 0 Å². The topological polar surface area (TPSA) is 21.3 Å². The van der Waals surface area contributed by atoms with Crippen LogP contribution in [0.25, 0.3) is 0 Å². The molecular weight excluding hydrogens is 311 g/mol. The van der Waals surface area contributed by atoms with Crippen molar-refractivity contribution in [3.63, 3.8) is 0 Å². The molecule has 0 aromatic heterocycles. The van der Waals surface area contributed by atoms with Gasteiger partial charge in [-0.25, -0.2) is 0 Å². The molecule has 0 bridgehead atoms. The van der Waals surface area contributed by atoms with Gasteiger partial charge in [0.2, 0.25) is 0 Å². The Kier molecular flexibility index (Phi) is 6.11. The van der Waals surface area contributed by atoms with Crippen LogP contribution in [0.15, 0.2) is 28.7 Å². The highest BCUT2D eigenvalue weighted by molar-refractivity contribution is 9.10. The maximum atomic E-state index is 11.8. The number of nitrogens with one attached hydrogen (secondary N) is 1. The van der Waals surface area contributed by atoms with E-state index in [2.05, 4.69) is 26.0 Å². The van der Waals surface area contributed by atoms with Crippen LogP contribution in [0.2, 0.25) is 0 Å². The lowest BCUT2D eigenvalue weighted by Gasteiger charge is -2.14. The molecule has 0 saturated carbocycles. The van der Waals surface area contributed by atoms with Gasteiger partial charge in [0.05, 0.1) is 6.61 Å². The van der Waals surface area contributed by atoms with Gasteiger partial charge in [0.15, 0.2) is 0 Å². The number of benzene rings is 1. The Labute approximate surface area is 113 Å². The van der Waals surface area contributed by atoms with E-state index in [1.54, 1.807) is 0 Å². The van der Waals surface area contributed by atoms with Crippen molar-refractivity contribution in [1.82, 2.24) is 5.32 Å². The van der Waals surface area contributed by atoms with Gasteiger partial charge in [0.1, 0.15) is 6.61 Å². The fourth-order valence-corrected chi connectivity index (χ4v) is 1.67. The Balaban J connectivity index is 2.21. The van der Waals surface area contributed by atoms with Crippen molar-refractivity contribution in [2.45, 2.75) is 19.1 Å². The van der Waals surface area contributed by atoms with E-state index in [-0.39, 0.29) is 12.6 Å². The van der Waals surface area contributed by atoms with E-state index < -0.39 is 12.8 Å². The lowest BCUT2D eigenvalue weighted by atomic mass is 10.1. The number of halogens is 4. The van der Waals surface area contributed by atoms with Crippen molar-refractivity contribution < 1.29 is 17.9 Å². The van der Waals surface area contributed by atoms with Crippen LogP contribution in [-0.4, -0.2) is 25.9 Å². The average Bonchev–Trinajstić information content (AvgIpc) is 2.27. The molecule has 1 N–H and O–H groups in total. The molecule has 0 spiro atoms. The van der Waals surface area contributed by atoms with Gasteiger partial charge in [-0.2, -0.15) is 13.2 Å². The molecule has 0 saturated heterocycles. The molecule has 2 nitrogen and oxygen atoms in total. The first-order valence-corrected chi connectivity index (χ1v) is 6.31. The molecule has 18 heavy (non-hydrogen) atoms. The van der Waals surface area contributed by atoms with E-state index in [9.17, 15) is 13.2 Å². The number of ether oxygens (including phenoxy) is 1. The van der Waals surface area contributed by atoms with Crippen molar-refractivity contribution in [2.24, 2.45) is 0 Å². The number of rotatable bonds is 6. The molecule has 0 fully saturated rings. The fraction of sp³-hybridized carbons (Fsp3) is 0.500. The minimum absolute atomic E-state index is 0.0420. The molecule has 1 rings (SSSR count). The monoisotopic (exact) mass is 325 g/mol. The fourth-order valence-electron chi connectivity index (χ4n) is 1.40. The predicted molar refractivity (Wildman–Crippen MR) is 67.4 cm³/mol. The van der Waals surface area contributed by atoms with Gasteiger partial charge in [-0.05, 0) is 24.6 Å². The second-order valence-electron chi connectivity index (χ2n) is 3.90. The molecule has 0 aliphatic rings. The second kappa shape index (κ2) is 7.11. The summed E-state index contributed by atoms with van der Waals surface area (Å²) in [5, 5.41) is 3.10. The smallest absolute Gasteiger partial charge is 0.371 e. The molecule has 0 radical (unpaired) electrons. The Bertz CT molecular complexity index is 353. The highest BCUT2D eigenvalue weighted by Crippen LogP contribution is 2.16. The van der Waals surface area contributed by atoms with Gasteiger partial charge in [-0.1, -0.05) is 28.1 Å². The molecule has 0 aliphatic heterocycles. The van der Waals surface area contributed by atoms with Crippen LogP contribution in [0.4, 0.5) is 13.2 Å². The van der Waals surface area contributed by atoms with Crippen molar-refractivity contribution >= 4 is 15.9 Å². The van der Waals surface area contributed by atoms with Gasteiger partial charge in [0, 0.05) is 17.1 Å². The summed E-state index contributed by atoms with van der Waals surface area (Å²) in [7, 11) is 0. The zero-order valence-corrected chi connectivity index (χ0v) is 11.5. The molecule has 0 aliphatic carbocycles. The summed E-state index contributed by atoms with van der Waals surface area (Å²) >= 11 is 3.34. The third-order valence-corrected chi connectivity index (χ3v) is 2.86. The van der Waals surface area contributed by atoms with Gasteiger partial charge >= 0.3 is 6.18 Å². The molecule has 6 heteroatoms. The molecule has 0 unspecified atom stereocenters. The van der Waals surface area contributed by atoms with Crippen LogP contribution >= 0.6 is 15.9 Å². The Morgan fingerprint density at radius 3 is 2.44 bits per heavy atom. The zero-order valence-electron chi connectivity index (χ0n) is 9.93. The quantitative estimate of drug-likeness (QED) is 0.805. The van der Waals surface area contributed by atoms with Gasteiger partial charge in [0.25, 0.3) is 0 Å². The van der Waals surface area contributed by atoms with Gasteiger partial charge in [-0.3, -0.25) is 0 Å². The first-order chi connectivity index (χ1) is 8.38. The van der Waals surface area contributed by atoms with E-state index in [1.165, 1.54) is 0 Å². The average molecular weight is 326 g/mol. The first kappa shape index (κ1) is 15.5. The molecule has 102 valence electrons. The summed E-state index contributed by atoms with van der Waals surface area (Å²) in [6.07, 6.45) is -4.25. The predicted octanol–water partition coefficient (Wildman–Crippen LogP) is 3.68. The number of hydrogen-bond acceptors (Lipinski definition) is 2. The Hall–Kier alpha value is -0.590. The molecule has 1 aromatic rings. The van der Waals surface area contributed by atoms with Crippen LogP contribution in [0.3, 0.4) is 0 Å². The van der Waals surface area contributed by atoms with E-state index in [0.29, 0.717) is 6.54 Å². The summed E-state index contributed by atoms with van der Waals surface area (Å²) < 4.78 is 40.9. The molecule has 1 aromatic carbocycles. The summed E-state index contributed by atoms with van der Waals surface area (Å²) in [5.41, 5.74) is 1.08. The van der Waals surface area contributed by atoms with Crippen LogP contribution in [0.5, 0.6) is 0 Å². The minimum Gasteiger partial charge on any atom is -0.371 e. The summed E-state index contributed by atoms with van der Waals surface area (Å²) in [6.45, 7) is 1.18. The van der Waals surface area contributed by atoms with Crippen molar-refractivity contribution in [3.8, 4) is 0 Å². The number of alkyl halides is 3. The maximum absolute atomic E-state index is 11.8. The van der Waals surface area contributed by atoms with Crippen LogP contribution in [0.1, 0.15) is 18.5 Å². The van der Waals surface area contributed by atoms with Gasteiger partial charge < -0.3 is 10.1 Å². The van der Waals surface area contributed by atoms with Gasteiger partial charge in [-0.15, -0.1) is 0 Å². The molecule has 0 amide bonds. The lowest BCUT2D eigenvalue weighted by molar-refractivity contribution is -0.173. The van der Waals surface area contributed by atoms with Crippen LogP contribution in [0, 0.1) is 0 Å². The molecule has 0 heterocycles. The Morgan fingerprint density at radius 2 is 1.89 bits per heavy atom. The first-order valence-electron chi connectivity index (χ1n) is 5.52. The van der Waals surface area contributed by atoms with E-state index in [1.807, 2.05) is 31.2 Å². The van der Waals surface area contributed by atoms with Crippen LogP contribution in [-0.2, 0) is 4.74 Å². The normalized spacial score (nSPS) is 13.6. The third kappa shape index (κ3) is 6.37. The highest BCUT2D eigenvalue weighted by atomic mass is 79.9. The standard InChI is InChI=1S/C12H15BrF3NO/c1-9(10-2-4-11(13)5-3-10)17-6-7-18-8-12(14,15)16/h2-5,9,17H,6-8H2,1H3/t9-/m1/s1. The summed E-state index contributed by atoms with van der Waals surface area (Å²) in [6, 6.07) is 7.84. The highest BCUT2D eigenvalue weighted by Gasteiger charge is 2.27. The third-order valence-electron chi connectivity index (χ3n) is 2.33. The van der Waals surface area contributed by atoms with Crippen molar-refractivity contribution in [1.29, 1.82) is 0 Å². The second-order valence-corrected chi connectivity index (χ2v) is 4.81. The summed E-state index contributed by atoms with van der Waals surface area (Å²) in [5.74, 6) is 0. The maximum Gasteiger partial charge on any atom is 0.411 e. The van der Waals surface area contributed by atoms with Crippen molar-refractivity contribution in [2.75, 3.05) is 19.8 Å². The molecule has 1 atom stereocenters. The van der Waals surface area contributed by atoms with Crippen molar-refractivity contribution in [3.05, 3.63) is 34.3 Å². The zero-order chi connectivity index (χ0) is 13.6. The van der Waals surface area contributed by atoms with E-state index in [4.69, 9.17) is 0 Å². The minimum atomic E-state index is -4.25. The van der Waals surface area contributed by atoms with Crippen LogP contribution < -0.4 is 5.32 Å². The Morgan fingerprint density at radius 1 is 1.28 bits per heavy atom. The number of hydrogen-bond donors (Lipinski definition) is 1. The SMILES string of the molecule is C[C@@H](NCCOCC(F)(F)F)c1ccc(Br)cc1. The molecular formula is C12H15BrF3NO. The lowest BCUT2D eigenvalue weighted by Crippen LogP contribution is -2.25. The largest absolute Gasteiger partial charge is 0.411 e. The van der Waals surface area contributed by atoms with E-state index in [0.717, 1.165) is 10.0 Å². The summed E-state index contributed by atoms with van der Waals surface area (Å²) in [4.78, 5) is 0.